The van der Waals surface area contributed by atoms with Crippen LogP contribution in [0.4, 0.5) is 0 Å². The summed E-state index contributed by atoms with van der Waals surface area (Å²) in [7, 11) is 0. The van der Waals surface area contributed by atoms with Crippen molar-refractivity contribution in [2.75, 3.05) is 0 Å². The number of para-hydroxylation sites is 2. The maximum atomic E-state index is 5.93. The average Bonchev–Trinajstić information content (AvgIpc) is 3.49. The molecule has 0 unspecified atom stereocenters. The van der Waals surface area contributed by atoms with Gasteiger partial charge < -0.3 is 4.57 Å². The fraction of sp³-hybridized carbons (Fsp3) is 0.0233. The molecule has 228 valence electrons. The lowest BCUT2D eigenvalue weighted by molar-refractivity contribution is 1.15. The van der Waals surface area contributed by atoms with Crippen molar-refractivity contribution in [3.05, 3.63) is 174 Å². The Hall–Kier alpha value is -5.62. The number of hydrogen-bond acceptors (Lipinski definition) is 4. The molecule has 0 saturated carbocycles. The molecule has 0 aliphatic heterocycles. The van der Waals surface area contributed by atoms with E-state index in [4.69, 9.17) is 34.4 Å². The minimum Gasteiger partial charge on any atom is -0.309 e. The summed E-state index contributed by atoms with van der Waals surface area (Å²) in [6.45, 7) is 2.09. The molecule has 0 saturated heterocycles. The molecule has 0 atom stereocenters. The van der Waals surface area contributed by atoms with Crippen LogP contribution in [0.25, 0.3) is 61.4 Å². The molecule has 0 amide bonds. The fourth-order valence-corrected chi connectivity index (χ4v) is 6.90. The second-order valence-electron chi connectivity index (χ2n) is 11.8. The molecule has 0 spiro atoms. The van der Waals surface area contributed by atoms with Crippen LogP contribution >= 0.6 is 24.4 Å². The number of benzene rings is 6. The van der Waals surface area contributed by atoms with Gasteiger partial charge in [-0.15, -0.1) is 0 Å². The van der Waals surface area contributed by atoms with E-state index in [1.165, 1.54) is 21.8 Å². The Labute approximate surface area is 290 Å². The third-order valence-corrected chi connectivity index (χ3v) is 9.83. The second kappa shape index (κ2) is 12.5. The number of rotatable bonds is 7. The summed E-state index contributed by atoms with van der Waals surface area (Å²) in [5.74, 6) is 0.666. The van der Waals surface area contributed by atoms with Crippen molar-refractivity contribution >= 4 is 56.0 Å². The zero-order valence-corrected chi connectivity index (χ0v) is 27.8. The van der Waals surface area contributed by atoms with Crippen LogP contribution in [0.15, 0.2) is 158 Å². The van der Waals surface area contributed by atoms with E-state index in [2.05, 4.69) is 109 Å². The van der Waals surface area contributed by atoms with E-state index in [1.54, 1.807) is 0 Å². The van der Waals surface area contributed by atoms with Crippen molar-refractivity contribution in [3.63, 3.8) is 0 Å². The first kappa shape index (κ1) is 29.8. The molecule has 0 radical (unpaired) electrons. The zero-order chi connectivity index (χ0) is 32.6. The number of fused-ring (bicyclic) bond motifs is 3. The van der Waals surface area contributed by atoms with E-state index < -0.39 is 0 Å². The van der Waals surface area contributed by atoms with Crippen molar-refractivity contribution in [2.45, 2.75) is 6.92 Å². The van der Waals surface area contributed by atoms with Gasteiger partial charge in [-0.3, -0.25) is 0 Å². The molecule has 0 aliphatic carbocycles. The van der Waals surface area contributed by atoms with E-state index >= 15 is 0 Å². The highest BCUT2D eigenvalue weighted by Gasteiger charge is 2.17. The summed E-state index contributed by atoms with van der Waals surface area (Å²) in [5, 5.41) is 2.47. The maximum absolute atomic E-state index is 5.93. The molecule has 8 aromatic rings. The Kier molecular flexibility index (Phi) is 7.77. The van der Waals surface area contributed by atoms with Gasteiger partial charge in [-0.2, -0.15) is 0 Å². The minimum absolute atomic E-state index is 0.640. The molecule has 0 aliphatic rings. The normalized spacial score (nSPS) is 11.2. The molecule has 8 rings (SSSR count). The Morgan fingerprint density at radius 2 is 0.875 bits per heavy atom. The van der Waals surface area contributed by atoms with Gasteiger partial charge in [0.15, 0.2) is 5.82 Å². The highest BCUT2D eigenvalue weighted by molar-refractivity contribution is 7.90. The van der Waals surface area contributed by atoms with E-state index in [-0.39, 0.29) is 0 Å². The van der Waals surface area contributed by atoms with Crippen LogP contribution in [0.3, 0.4) is 0 Å². The lowest BCUT2D eigenvalue weighted by Crippen LogP contribution is -2.12. The van der Waals surface area contributed by atoms with Gasteiger partial charge in [0.05, 0.1) is 32.2 Å². The number of nitrogens with zero attached hydrogens (tertiary/aromatic N) is 3. The van der Waals surface area contributed by atoms with Crippen LogP contribution < -0.4 is 0 Å². The first-order chi connectivity index (χ1) is 23.6. The molecule has 5 heteroatoms. The van der Waals surface area contributed by atoms with Gasteiger partial charge in [0.1, 0.15) is 0 Å². The standard InChI is InChI=1S/C43H29N3S2/c1-28-39(29-12-4-2-5-13-29)44-43(45-40(28)30-14-6-3-7-15-30)33-22-20-31(21-23-33)41(47)42(48)32-24-26-34(27-25-32)46-37-18-10-8-16-35(37)36-17-9-11-19-38(36)46/h2-27H,1H3. The van der Waals surface area contributed by atoms with E-state index in [0.717, 1.165) is 50.5 Å². The molecular formula is C43H29N3S2. The van der Waals surface area contributed by atoms with E-state index in [1.807, 2.05) is 60.7 Å². The lowest BCUT2D eigenvalue weighted by atomic mass is 10.00. The Balaban J connectivity index is 1.09. The number of thiocarbonyl (C=S) groups is 2. The molecule has 48 heavy (non-hydrogen) atoms. The zero-order valence-electron chi connectivity index (χ0n) is 26.2. The monoisotopic (exact) mass is 651 g/mol. The smallest absolute Gasteiger partial charge is 0.160 e. The quantitative estimate of drug-likeness (QED) is 0.127. The van der Waals surface area contributed by atoms with Crippen LogP contribution in [-0.4, -0.2) is 24.3 Å². The van der Waals surface area contributed by atoms with Crippen molar-refractivity contribution < 1.29 is 0 Å². The molecule has 0 fully saturated rings. The molecule has 2 heterocycles. The molecule has 0 bridgehead atoms. The first-order valence-electron chi connectivity index (χ1n) is 15.8. The van der Waals surface area contributed by atoms with Gasteiger partial charge in [0.2, 0.25) is 0 Å². The average molecular weight is 652 g/mol. The van der Waals surface area contributed by atoms with Crippen molar-refractivity contribution in [1.29, 1.82) is 0 Å². The third kappa shape index (κ3) is 5.33. The second-order valence-corrected chi connectivity index (χ2v) is 12.6. The van der Waals surface area contributed by atoms with Crippen molar-refractivity contribution in [3.8, 4) is 39.6 Å². The van der Waals surface area contributed by atoms with Crippen LogP contribution in [0.5, 0.6) is 0 Å². The Bertz CT molecular complexity index is 2350. The van der Waals surface area contributed by atoms with Crippen LogP contribution in [0, 0.1) is 6.92 Å². The highest BCUT2D eigenvalue weighted by Crippen LogP contribution is 2.33. The van der Waals surface area contributed by atoms with E-state index in [9.17, 15) is 0 Å². The van der Waals surface area contributed by atoms with Gasteiger partial charge in [-0.05, 0) is 42.3 Å². The lowest BCUT2D eigenvalue weighted by Gasteiger charge is -2.14. The fourth-order valence-electron chi connectivity index (χ4n) is 6.40. The van der Waals surface area contributed by atoms with Gasteiger partial charge >= 0.3 is 0 Å². The molecule has 0 N–H and O–H groups in total. The molecule has 2 aromatic heterocycles. The first-order valence-corrected chi connectivity index (χ1v) is 16.7. The maximum Gasteiger partial charge on any atom is 0.160 e. The van der Waals surface area contributed by atoms with Crippen molar-refractivity contribution in [2.24, 2.45) is 0 Å². The van der Waals surface area contributed by atoms with Gasteiger partial charge in [-0.25, -0.2) is 9.97 Å². The highest BCUT2D eigenvalue weighted by atomic mass is 32.1. The molecular weight excluding hydrogens is 623 g/mol. The minimum atomic E-state index is 0.640. The van der Waals surface area contributed by atoms with E-state index in [0.29, 0.717) is 15.6 Å². The summed E-state index contributed by atoms with van der Waals surface area (Å²) < 4.78 is 2.30. The summed E-state index contributed by atoms with van der Waals surface area (Å²) >= 11 is 11.9. The summed E-state index contributed by atoms with van der Waals surface area (Å²) in [6.07, 6.45) is 0. The third-order valence-electron chi connectivity index (χ3n) is 8.82. The predicted octanol–water partition coefficient (Wildman–Crippen LogP) is 11.0. The van der Waals surface area contributed by atoms with Crippen LogP contribution in [0.2, 0.25) is 0 Å². The predicted molar refractivity (Wildman–Crippen MR) is 207 cm³/mol. The molecule has 6 aromatic carbocycles. The summed E-state index contributed by atoms with van der Waals surface area (Å²) in [4.78, 5) is 11.4. The topological polar surface area (TPSA) is 30.7 Å². The van der Waals surface area contributed by atoms with Crippen molar-refractivity contribution in [1.82, 2.24) is 14.5 Å². The Morgan fingerprint density at radius 3 is 1.35 bits per heavy atom. The number of hydrogen-bond donors (Lipinski definition) is 0. The summed E-state index contributed by atoms with van der Waals surface area (Å²) in [6, 6.07) is 54.1. The van der Waals surface area contributed by atoms with Gasteiger partial charge in [0.25, 0.3) is 0 Å². The van der Waals surface area contributed by atoms with Crippen LogP contribution in [0.1, 0.15) is 16.7 Å². The largest absolute Gasteiger partial charge is 0.309 e. The number of aromatic nitrogens is 3. The summed E-state index contributed by atoms with van der Waals surface area (Å²) in [5.41, 5.74) is 11.2. The van der Waals surface area contributed by atoms with Crippen LogP contribution in [-0.2, 0) is 0 Å². The van der Waals surface area contributed by atoms with Gasteiger partial charge in [0, 0.05) is 38.7 Å². The molecule has 3 nitrogen and oxygen atoms in total. The van der Waals surface area contributed by atoms with Gasteiger partial charge in [-0.1, -0.05) is 158 Å². The Morgan fingerprint density at radius 1 is 0.458 bits per heavy atom. The SMILES string of the molecule is Cc1c(-c2ccccc2)nc(-c2ccc(C(=S)C(=S)c3ccc(-n4c5ccccc5c5ccccc54)cc3)cc2)nc1-c1ccccc1.